The second-order valence-corrected chi connectivity index (χ2v) is 5.97. The van der Waals surface area contributed by atoms with Gasteiger partial charge in [0.25, 0.3) is 0 Å². The lowest BCUT2D eigenvalue weighted by Crippen LogP contribution is -2.31. The van der Waals surface area contributed by atoms with Crippen molar-refractivity contribution in [2.45, 2.75) is 19.4 Å². The predicted octanol–water partition coefficient (Wildman–Crippen LogP) is 4.28. The van der Waals surface area contributed by atoms with Crippen molar-refractivity contribution in [1.82, 2.24) is 0 Å². The van der Waals surface area contributed by atoms with Gasteiger partial charge in [-0.1, -0.05) is 23.7 Å². The molecule has 1 heterocycles. The highest BCUT2D eigenvalue weighted by atomic mass is 35.5. The number of anilines is 1. The lowest BCUT2D eigenvalue weighted by atomic mass is 10.1. The van der Waals surface area contributed by atoms with Crippen LogP contribution in [0.2, 0.25) is 5.02 Å². The van der Waals surface area contributed by atoms with Gasteiger partial charge in [0.1, 0.15) is 0 Å². The van der Waals surface area contributed by atoms with E-state index in [1.54, 1.807) is 17.4 Å². The van der Waals surface area contributed by atoms with E-state index in [1.807, 2.05) is 19.2 Å². The second kappa shape index (κ2) is 6.22. The number of aldehydes is 1. The summed E-state index contributed by atoms with van der Waals surface area (Å²) in [6.45, 7) is 2.15. The van der Waals surface area contributed by atoms with Gasteiger partial charge in [-0.2, -0.15) is 0 Å². The quantitative estimate of drug-likeness (QED) is 0.767. The highest BCUT2D eigenvalue weighted by Crippen LogP contribution is 2.27. The van der Waals surface area contributed by atoms with Crippen LogP contribution in [0.5, 0.6) is 0 Å². The maximum atomic E-state index is 11.2. The van der Waals surface area contributed by atoms with Gasteiger partial charge in [0.15, 0.2) is 6.29 Å². The van der Waals surface area contributed by atoms with Crippen LogP contribution in [0.15, 0.2) is 35.7 Å². The largest absolute Gasteiger partial charge is 0.371 e. The van der Waals surface area contributed by atoms with E-state index in [2.05, 4.69) is 29.3 Å². The molecule has 2 rings (SSSR count). The van der Waals surface area contributed by atoms with Gasteiger partial charge in [-0.25, -0.2) is 0 Å². The number of rotatable bonds is 5. The Kier molecular flexibility index (Phi) is 4.61. The Bertz CT molecular complexity index is 553. The smallest absolute Gasteiger partial charge is 0.153 e. The molecule has 19 heavy (non-hydrogen) atoms. The minimum atomic E-state index is 0.302. The van der Waals surface area contributed by atoms with Gasteiger partial charge >= 0.3 is 0 Å². The summed E-state index contributed by atoms with van der Waals surface area (Å²) >= 11 is 7.82. The van der Waals surface area contributed by atoms with Crippen LogP contribution in [0.25, 0.3) is 0 Å². The monoisotopic (exact) mass is 293 g/mol. The minimum Gasteiger partial charge on any atom is -0.371 e. The Hall–Kier alpha value is -1.32. The first-order chi connectivity index (χ1) is 9.13. The number of carbonyl (C=O) groups excluding carboxylic acids is 1. The molecule has 1 atom stereocenters. The van der Waals surface area contributed by atoms with Crippen molar-refractivity contribution in [2.24, 2.45) is 0 Å². The molecule has 0 aliphatic carbocycles. The fraction of sp³-hybridized carbons (Fsp3) is 0.267. The van der Waals surface area contributed by atoms with E-state index in [0.717, 1.165) is 18.4 Å². The lowest BCUT2D eigenvalue weighted by molar-refractivity contribution is 0.112. The van der Waals surface area contributed by atoms with Gasteiger partial charge in [-0.15, -0.1) is 11.3 Å². The molecule has 0 saturated heterocycles. The highest BCUT2D eigenvalue weighted by Gasteiger charge is 2.16. The zero-order chi connectivity index (χ0) is 13.8. The van der Waals surface area contributed by atoms with Gasteiger partial charge in [0, 0.05) is 30.1 Å². The number of carbonyl (C=O) groups is 1. The van der Waals surface area contributed by atoms with Crippen LogP contribution in [0.3, 0.4) is 0 Å². The van der Waals surface area contributed by atoms with Crippen LogP contribution in [0, 0.1) is 0 Å². The molecule has 1 aromatic carbocycles. The first kappa shape index (κ1) is 14.1. The van der Waals surface area contributed by atoms with Crippen LogP contribution < -0.4 is 4.90 Å². The van der Waals surface area contributed by atoms with E-state index in [1.165, 1.54) is 4.88 Å². The van der Waals surface area contributed by atoms with E-state index in [4.69, 9.17) is 11.6 Å². The number of hydrogen-bond donors (Lipinski definition) is 0. The predicted molar refractivity (Wildman–Crippen MR) is 82.7 cm³/mol. The molecule has 2 aromatic rings. The van der Waals surface area contributed by atoms with Gasteiger partial charge in [0.05, 0.1) is 10.6 Å². The summed E-state index contributed by atoms with van der Waals surface area (Å²) in [6, 6.07) is 10.0. The van der Waals surface area contributed by atoms with Crippen LogP contribution in [0.4, 0.5) is 5.69 Å². The van der Waals surface area contributed by atoms with Crippen molar-refractivity contribution in [3.63, 3.8) is 0 Å². The summed E-state index contributed by atoms with van der Waals surface area (Å²) < 4.78 is 0. The molecule has 0 spiro atoms. The molecule has 0 bridgehead atoms. The minimum absolute atomic E-state index is 0.302. The Morgan fingerprint density at radius 2 is 2.16 bits per heavy atom. The molecule has 0 radical (unpaired) electrons. The number of thiophene rings is 1. The average Bonchev–Trinajstić information content (AvgIpc) is 2.90. The van der Waals surface area contributed by atoms with Gasteiger partial charge in [-0.3, -0.25) is 4.79 Å². The number of halogens is 1. The van der Waals surface area contributed by atoms with Crippen LogP contribution in [0.1, 0.15) is 22.2 Å². The van der Waals surface area contributed by atoms with Crippen molar-refractivity contribution in [3.05, 3.63) is 51.2 Å². The first-order valence-corrected chi connectivity index (χ1v) is 7.38. The first-order valence-electron chi connectivity index (χ1n) is 6.12. The molecular weight excluding hydrogens is 278 g/mol. The molecule has 0 amide bonds. The third-order valence-corrected chi connectivity index (χ3v) is 4.49. The molecular formula is C15H16ClNOS. The molecule has 0 fully saturated rings. The summed E-state index contributed by atoms with van der Waals surface area (Å²) in [6.07, 6.45) is 1.78. The average molecular weight is 294 g/mol. The molecule has 0 N–H and O–H groups in total. The summed E-state index contributed by atoms with van der Waals surface area (Å²) in [5.74, 6) is 0. The molecule has 1 aromatic heterocycles. The van der Waals surface area contributed by atoms with Crippen molar-refractivity contribution in [3.8, 4) is 0 Å². The third-order valence-electron chi connectivity index (χ3n) is 3.27. The zero-order valence-electron chi connectivity index (χ0n) is 11.0. The molecule has 1 unspecified atom stereocenters. The normalized spacial score (nSPS) is 12.2. The van der Waals surface area contributed by atoms with Crippen LogP contribution in [-0.4, -0.2) is 19.4 Å². The lowest BCUT2D eigenvalue weighted by Gasteiger charge is -2.28. The van der Waals surface area contributed by atoms with Gasteiger partial charge in [-0.05, 0) is 30.5 Å². The second-order valence-electron chi connectivity index (χ2n) is 4.53. The van der Waals surface area contributed by atoms with Crippen molar-refractivity contribution < 1.29 is 4.79 Å². The maximum Gasteiger partial charge on any atom is 0.153 e. The van der Waals surface area contributed by atoms with Gasteiger partial charge in [0.2, 0.25) is 0 Å². The molecule has 100 valence electrons. The third kappa shape index (κ3) is 3.17. The molecule has 0 aliphatic rings. The van der Waals surface area contributed by atoms with Gasteiger partial charge < -0.3 is 4.90 Å². The number of nitrogens with zero attached hydrogens (tertiary/aromatic N) is 1. The Morgan fingerprint density at radius 1 is 1.37 bits per heavy atom. The van der Waals surface area contributed by atoms with E-state index in [-0.39, 0.29) is 0 Å². The van der Waals surface area contributed by atoms with E-state index in [9.17, 15) is 4.79 Å². The fourth-order valence-corrected chi connectivity index (χ4v) is 3.08. The van der Waals surface area contributed by atoms with Crippen molar-refractivity contribution >= 4 is 34.9 Å². The van der Waals surface area contributed by atoms with Crippen LogP contribution in [-0.2, 0) is 6.42 Å². The summed E-state index contributed by atoms with van der Waals surface area (Å²) in [4.78, 5) is 14.6. The van der Waals surface area contributed by atoms with E-state index >= 15 is 0 Å². The van der Waals surface area contributed by atoms with E-state index < -0.39 is 0 Å². The molecule has 4 heteroatoms. The Morgan fingerprint density at radius 3 is 2.79 bits per heavy atom. The fourth-order valence-electron chi connectivity index (χ4n) is 2.04. The Balaban J connectivity index is 2.21. The van der Waals surface area contributed by atoms with E-state index in [0.29, 0.717) is 16.6 Å². The summed E-state index contributed by atoms with van der Waals surface area (Å²) in [5, 5.41) is 2.58. The number of likely N-dealkylation sites (N-methyl/N-ethyl adjacent to an activating group) is 1. The molecule has 0 saturated carbocycles. The molecule has 2 nitrogen and oxygen atoms in total. The van der Waals surface area contributed by atoms with Crippen molar-refractivity contribution in [1.29, 1.82) is 0 Å². The topological polar surface area (TPSA) is 20.3 Å². The van der Waals surface area contributed by atoms with Crippen molar-refractivity contribution in [2.75, 3.05) is 11.9 Å². The Labute approximate surface area is 122 Å². The number of hydrogen-bond acceptors (Lipinski definition) is 3. The highest BCUT2D eigenvalue weighted by molar-refractivity contribution is 7.09. The maximum absolute atomic E-state index is 11.2. The van der Waals surface area contributed by atoms with Crippen LogP contribution >= 0.6 is 22.9 Å². The zero-order valence-corrected chi connectivity index (χ0v) is 12.5. The molecule has 0 aliphatic heterocycles. The SMILES string of the molecule is CC(Cc1cccs1)N(C)c1cccc(Cl)c1C=O. The number of benzene rings is 1. The standard InChI is InChI=1S/C15H16ClNOS/c1-11(9-12-5-4-8-19-12)17(2)15-7-3-6-14(16)13(15)10-18/h3-8,10-11H,9H2,1-2H3. The summed E-state index contributed by atoms with van der Waals surface area (Å²) in [5.41, 5.74) is 1.44. The summed E-state index contributed by atoms with van der Waals surface area (Å²) in [7, 11) is 2.00.